The van der Waals surface area contributed by atoms with E-state index in [9.17, 15) is 10.1 Å². The molecule has 2 aromatic rings. The van der Waals surface area contributed by atoms with Crippen molar-refractivity contribution in [3.8, 4) is 17.9 Å². The van der Waals surface area contributed by atoms with E-state index in [2.05, 4.69) is 21.2 Å². The van der Waals surface area contributed by atoms with Crippen LogP contribution in [0, 0.1) is 29.6 Å². The third kappa shape index (κ3) is 4.94. The molecule has 0 unspecified atom stereocenters. The fourth-order valence-electron chi connectivity index (χ4n) is 2.08. The van der Waals surface area contributed by atoms with E-state index < -0.39 is 5.91 Å². The number of ether oxygens (including phenoxy) is 1. The van der Waals surface area contributed by atoms with Crippen LogP contribution in [0.3, 0.4) is 0 Å². The van der Waals surface area contributed by atoms with E-state index in [0.29, 0.717) is 17.0 Å². The summed E-state index contributed by atoms with van der Waals surface area (Å²) in [5, 5.41) is 20.7. The molecular weight excluding hydrogens is 382 g/mol. The number of carbonyl (C=O) groups excluding carboxylic acids is 1. The Morgan fingerprint density at radius 2 is 2.04 bits per heavy atom. The lowest BCUT2D eigenvalue weighted by molar-refractivity contribution is -0.112. The second-order valence-electron chi connectivity index (χ2n) is 5.07. The van der Waals surface area contributed by atoms with E-state index >= 15 is 0 Å². The zero-order valence-corrected chi connectivity index (χ0v) is 15.0. The normalized spacial score (nSPS) is 10.5. The first kappa shape index (κ1) is 18.3. The van der Waals surface area contributed by atoms with E-state index in [0.717, 1.165) is 10.0 Å². The fourth-order valence-corrected chi connectivity index (χ4v) is 2.46. The topological polar surface area (TPSA) is 85.9 Å². The van der Waals surface area contributed by atoms with Crippen LogP contribution in [0.25, 0.3) is 6.08 Å². The van der Waals surface area contributed by atoms with Gasteiger partial charge in [0.1, 0.15) is 23.5 Å². The average Bonchev–Trinajstić information content (AvgIpc) is 2.60. The number of nitrogens with one attached hydrogen (secondary N) is 1. The molecule has 0 atom stereocenters. The number of halogens is 1. The van der Waals surface area contributed by atoms with Gasteiger partial charge in [0.25, 0.3) is 5.91 Å². The van der Waals surface area contributed by atoms with Crippen molar-refractivity contribution in [3.05, 3.63) is 63.6 Å². The molecule has 0 fully saturated rings. The maximum atomic E-state index is 12.4. The molecule has 0 spiro atoms. The van der Waals surface area contributed by atoms with Crippen LogP contribution in [-0.2, 0) is 4.79 Å². The smallest absolute Gasteiger partial charge is 0.266 e. The van der Waals surface area contributed by atoms with Crippen molar-refractivity contribution in [2.24, 2.45) is 0 Å². The van der Waals surface area contributed by atoms with Crippen LogP contribution in [0.4, 0.5) is 5.69 Å². The number of benzene rings is 2. The summed E-state index contributed by atoms with van der Waals surface area (Å²) in [5.41, 5.74) is 2.00. The van der Waals surface area contributed by atoms with Crippen molar-refractivity contribution < 1.29 is 9.53 Å². The van der Waals surface area contributed by atoms with Gasteiger partial charge in [0.05, 0.1) is 0 Å². The van der Waals surface area contributed by atoms with Crippen molar-refractivity contribution in [1.82, 2.24) is 0 Å². The molecule has 124 valence electrons. The number of hydrogen-bond acceptors (Lipinski definition) is 4. The molecule has 0 heterocycles. The van der Waals surface area contributed by atoms with E-state index in [1.165, 1.54) is 6.08 Å². The van der Waals surface area contributed by atoms with Crippen molar-refractivity contribution in [3.63, 3.8) is 0 Å². The number of rotatable bonds is 5. The molecule has 0 saturated heterocycles. The van der Waals surface area contributed by atoms with Gasteiger partial charge < -0.3 is 10.1 Å². The summed E-state index contributed by atoms with van der Waals surface area (Å²) in [7, 11) is 0. The molecule has 1 N–H and O–H groups in total. The first-order valence-corrected chi connectivity index (χ1v) is 8.12. The number of nitriles is 2. The van der Waals surface area contributed by atoms with Gasteiger partial charge in [0.15, 0.2) is 6.61 Å². The van der Waals surface area contributed by atoms with Gasteiger partial charge in [-0.25, -0.2) is 0 Å². The Bertz CT molecular complexity index is 908. The van der Waals surface area contributed by atoms with Gasteiger partial charge in [-0.15, -0.1) is 0 Å². The summed E-state index contributed by atoms with van der Waals surface area (Å²) in [6.07, 6.45) is 1.44. The summed E-state index contributed by atoms with van der Waals surface area (Å²) in [4.78, 5) is 12.4. The highest BCUT2D eigenvalue weighted by Gasteiger charge is 2.12. The predicted octanol–water partition coefficient (Wildman–Crippen LogP) is 4.21. The van der Waals surface area contributed by atoms with Gasteiger partial charge in [-0.05, 0) is 42.8 Å². The zero-order valence-electron chi connectivity index (χ0n) is 13.4. The molecule has 0 saturated carbocycles. The van der Waals surface area contributed by atoms with Crippen molar-refractivity contribution in [1.29, 1.82) is 10.5 Å². The molecule has 0 radical (unpaired) electrons. The molecule has 0 aliphatic carbocycles. The monoisotopic (exact) mass is 395 g/mol. The van der Waals surface area contributed by atoms with E-state index in [-0.39, 0.29) is 12.2 Å². The molecule has 0 bridgehead atoms. The predicted molar refractivity (Wildman–Crippen MR) is 98.6 cm³/mol. The number of amides is 1. The number of para-hydroxylation sites is 1. The quantitative estimate of drug-likeness (QED) is 0.606. The Balaban J connectivity index is 2.32. The highest BCUT2D eigenvalue weighted by atomic mass is 79.9. The van der Waals surface area contributed by atoms with Crippen LogP contribution in [-0.4, -0.2) is 12.5 Å². The lowest BCUT2D eigenvalue weighted by Crippen LogP contribution is -2.14. The van der Waals surface area contributed by atoms with Crippen LogP contribution in [0.1, 0.15) is 11.1 Å². The molecule has 25 heavy (non-hydrogen) atoms. The van der Waals surface area contributed by atoms with Gasteiger partial charge >= 0.3 is 0 Å². The maximum absolute atomic E-state index is 12.4. The molecule has 2 rings (SSSR count). The van der Waals surface area contributed by atoms with Gasteiger partial charge in [-0.1, -0.05) is 34.1 Å². The van der Waals surface area contributed by atoms with E-state index in [4.69, 9.17) is 10.00 Å². The largest absolute Gasteiger partial charge is 0.478 e. The van der Waals surface area contributed by atoms with Gasteiger partial charge in [0.2, 0.25) is 0 Å². The standard InChI is InChI=1S/C19H14BrN3O2/c1-13-4-2-3-5-17(13)23-19(24)15(12-22)10-14-11-16(20)6-7-18(14)25-9-8-21/h2-7,10-11H,9H2,1H3,(H,23,24)/b15-10+. The third-order valence-electron chi connectivity index (χ3n) is 3.32. The Morgan fingerprint density at radius 3 is 2.72 bits per heavy atom. The van der Waals surface area contributed by atoms with Gasteiger partial charge in [-0.2, -0.15) is 10.5 Å². The van der Waals surface area contributed by atoms with Crippen LogP contribution in [0.15, 0.2) is 52.5 Å². The molecular formula is C19H14BrN3O2. The lowest BCUT2D eigenvalue weighted by atomic mass is 10.1. The molecule has 2 aromatic carbocycles. The number of hydrogen-bond donors (Lipinski definition) is 1. The van der Waals surface area contributed by atoms with Crippen molar-refractivity contribution in [2.45, 2.75) is 6.92 Å². The summed E-state index contributed by atoms with van der Waals surface area (Å²) >= 11 is 3.34. The molecule has 0 aliphatic heterocycles. The second-order valence-corrected chi connectivity index (χ2v) is 5.98. The highest BCUT2D eigenvalue weighted by Crippen LogP contribution is 2.26. The number of nitrogens with zero attached hydrogens (tertiary/aromatic N) is 2. The first-order chi connectivity index (χ1) is 12.0. The van der Waals surface area contributed by atoms with Crippen molar-refractivity contribution in [2.75, 3.05) is 11.9 Å². The third-order valence-corrected chi connectivity index (χ3v) is 3.82. The van der Waals surface area contributed by atoms with Crippen LogP contribution in [0.2, 0.25) is 0 Å². The average molecular weight is 396 g/mol. The minimum Gasteiger partial charge on any atom is -0.478 e. The van der Waals surface area contributed by atoms with Crippen LogP contribution >= 0.6 is 15.9 Å². The van der Waals surface area contributed by atoms with Crippen LogP contribution < -0.4 is 10.1 Å². The molecule has 5 nitrogen and oxygen atoms in total. The number of carbonyl (C=O) groups is 1. The highest BCUT2D eigenvalue weighted by molar-refractivity contribution is 9.10. The molecule has 1 amide bonds. The van der Waals surface area contributed by atoms with Crippen LogP contribution in [0.5, 0.6) is 5.75 Å². The van der Waals surface area contributed by atoms with E-state index in [1.807, 2.05) is 31.2 Å². The lowest BCUT2D eigenvalue weighted by Gasteiger charge is -2.09. The van der Waals surface area contributed by atoms with E-state index in [1.54, 1.807) is 30.3 Å². The Kier molecular flexibility index (Phi) is 6.33. The number of anilines is 1. The Morgan fingerprint density at radius 1 is 1.28 bits per heavy atom. The minimum absolute atomic E-state index is 0.0665. The maximum Gasteiger partial charge on any atom is 0.266 e. The number of aryl methyl sites for hydroxylation is 1. The summed E-state index contributed by atoms with van der Waals surface area (Å²) in [6.45, 7) is 1.74. The SMILES string of the molecule is Cc1ccccc1NC(=O)/C(C#N)=C/c1cc(Br)ccc1OCC#N. The van der Waals surface area contributed by atoms with Crippen molar-refractivity contribution >= 4 is 33.6 Å². The summed E-state index contributed by atoms with van der Waals surface area (Å²) < 4.78 is 6.10. The molecule has 0 aliphatic rings. The van der Waals surface area contributed by atoms with Gasteiger partial charge in [0, 0.05) is 15.7 Å². The second kappa shape index (κ2) is 8.68. The first-order valence-electron chi connectivity index (χ1n) is 7.33. The minimum atomic E-state index is -0.511. The summed E-state index contributed by atoms with van der Waals surface area (Å²) in [5.74, 6) is -0.0933. The zero-order chi connectivity index (χ0) is 18.2. The Hall–Kier alpha value is -3.09. The molecule has 0 aromatic heterocycles. The van der Waals surface area contributed by atoms with Gasteiger partial charge in [-0.3, -0.25) is 4.79 Å². The Labute approximate surface area is 154 Å². The fraction of sp³-hybridized carbons (Fsp3) is 0.105. The summed E-state index contributed by atoms with van der Waals surface area (Å²) in [6, 6.07) is 16.2. The molecule has 6 heteroatoms.